The van der Waals surface area contributed by atoms with E-state index in [4.69, 9.17) is 19.0 Å². The first-order valence-electron chi connectivity index (χ1n) is 5.61. The van der Waals surface area contributed by atoms with Gasteiger partial charge >= 0.3 is 5.97 Å². The van der Waals surface area contributed by atoms with Crippen molar-refractivity contribution in [3.63, 3.8) is 0 Å². The van der Waals surface area contributed by atoms with Gasteiger partial charge in [0.15, 0.2) is 4.67 Å². The van der Waals surface area contributed by atoms with Crippen molar-refractivity contribution < 1.29 is 27.1 Å². The lowest BCUT2D eigenvalue weighted by molar-refractivity contribution is -0.00655. The van der Waals surface area contributed by atoms with Crippen LogP contribution in [-0.4, -0.2) is 33.7 Å². The molecule has 0 atom stereocenters. The molecule has 0 radical (unpaired) electrons. The summed E-state index contributed by atoms with van der Waals surface area (Å²) in [5.74, 6) is -1.01. The van der Waals surface area contributed by atoms with Crippen LogP contribution < -0.4 is 5.14 Å². The molecule has 0 saturated heterocycles. The molecule has 0 aliphatic heterocycles. The lowest BCUT2D eigenvalue weighted by atomic mass is 10.1. The fourth-order valence-corrected chi connectivity index (χ4v) is 2.71. The lowest BCUT2D eigenvalue weighted by Gasteiger charge is -2.22. The zero-order valence-electron chi connectivity index (χ0n) is 11.3. The number of nitrogens with two attached hydrogens (primary N) is 1. The fourth-order valence-electron chi connectivity index (χ4n) is 1.21. The molecule has 0 amide bonds. The van der Waals surface area contributed by atoms with Crippen LogP contribution in [0.2, 0.25) is 0 Å². The Kier molecular flexibility index (Phi) is 5.36. The van der Waals surface area contributed by atoms with E-state index in [2.05, 4.69) is 15.9 Å². The maximum atomic E-state index is 11.7. The summed E-state index contributed by atoms with van der Waals surface area (Å²) in [7, 11) is -2.40. The number of primary sulfonamides is 1. The van der Waals surface area contributed by atoms with Crippen molar-refractivity contribution in [1.82, 2.24) is 0 Å². The smallest absolute Gasteiger partial charge is 0.374 e. The molecule has 20 heavy (non-hydrogen) atoms. The van der Waals surface area contributed by atoms with Crippen molar-refractivity contribution in [1.29, 1.82) is 0 Å². The third-order valence-electron chi connectivity index (χ3n) is 2.65. The van der Waals surface area contributed by atoms with E-state index in [1.165, 1.54) is 0 Å². The maximum Gasteiger partial charge on any atom is 0.374 e. The summed E-state index contributed by atoms with van der Waals surface area (Å²) in [6, 6.07) is 1.02. The summed E-state index contributed by atoms with van der Waals surface area (Å²) in [6.45, 7) is 3.82. The topological polar surface area (TPSA) is 109 Å². The van der Waals surface area contributed by atoms with Crippen LogP contribution in [0.25, 0.3) is 0 Å². The number of methoxy groups -OCH3 is 1. The predicted octanol–water partition coefficient (Wildman–Crippen LogP) is 1.66. The van der Waals surface area contributed by atoms with Crippen molar-refractivity contribution in [2.45, 2.75) is 30.8 Å². The van der Waals surface area contributed by atoms with E-state index >= 15 is 0 Å². The minimum Gasteiger partial charge on any atom is -0.460 e. The first kappa shape index (κ1) is 17.2. The Morgan fingerprint density at radius 2 is 2.10 bits per heavy atom. The Labute approximate surface area is 125 Å². The van der Waals surface area contributed by atoms with Gasteiger partial charge in [-0.2, -0.15) is 0 Å². The second kappa shape index (κ2) is 6.25. The third kappa shape index (κ3) is 4.58. The Bertz CT molecular complexity index is 592. The summed E-state index contributed by atoms with van der Waals surface area (Å²) >= 11 is 2.88. The Hall–Kier alpha value is -0.900. The van der Waals surface area contributed by atoms with E-state index in [1.54, 1.807) is 7.11 Å². The van der Waals surface area contributed by atoms with Crippen LogP contribution in [0.1, 0.15) is 30.8 Å². The highest BCUT2D eigenvalue weighted by Gasteiger charge is 2.24. The van der Waals surface area contributed by atoms with Gasteiger partial charge < -0.3 is 13.9 Å². The average Bonchev–Trinajstić information content (AvgIpc) is 2.71. The molecule has 0 unspecified atom stereocenters. The van der Waals surface area contributed by atoms with Crippen molar-refractivity contribution in [3.05, 3.63) is 16.5 Å². The zero-order valence-corrected chi connectivity index (χ0v) is 13.7. The van der Waals surface area contributed by atoms with Crippen LogP contribution in [-0.2, 0) is 19.5 Å². The second-order valence-corrected chi connectivity index (χ2v) is 6.89. The first-order chi connectivity index (χ1) is 9.07. The quantitative estimate of drug-likeness (QED) is 0.763. The highest BCUT2D eigenvalue weighted by Crippen LogP contribution is 2.25. The fraction of sp³-hybridized carbons (Fsp3) is 0.545. The number of hydrogen-bond donors (Lipinski definition) is 1. The molecule has 0 aliphatic carbocycles. The van der Waals surface area contributed by atoms with E-state index in [-0.39, 0.29) is 21.9 Å². The summed E-state index contributed by atoms with van der Waals surface area (Å²) < 4.78 is 37.4. The number of carbonyl (C=O) groups excluding carboxylic acids is 1. The standard InChI is InChI=1S/C11H16BrNO6S/c1-11(2,17-3)4-5-18-10(14)7-6-8(9(12)19-7)20(13,15)16/h6H,4-5H2,1-3H3,(H2,13,15,16). The third-order valence-corrected chi connectivity index (χ3v) is 4.42. The molecule has 2 N–H and O–H groups in total. The van der Waals surface area contributed by atoms with Gasteiger partial charge in [0.2, 0.25) is 15.8 Å². The largest absolute Gasteiger partial charge is 0.460 e. The zero-order chi connectivity index (χ0) is 15.6. The van der Waals surface area contributed by atoms with Crippen LogP contribution >= 0.6 is 15.9 Å². The number of rotatable bonds is 6. The Balaban J connectivity index is 2.71. The monoisotopic (exact) mass is 369 g/mol. The molecule has 0 saturated carbocycles. The van der Waals surface area contributed by atoms with Gasteiger partial charge in [0, 0.05) is 19.6 Å². The summed E-state index contributed by atoms with van der Waals surface area (Å²) in [4.78, 5) is 11.4. The molecule has 7 nitrogen and oxygen atoms in total. The van der Waals surface area contributed by atoms with Crippen LogP contribution in [0.15, 0.2) is 20.0 Å². The molecule has 9 heteroatoms. The molecular formula is C11H16BrNO6S. The number of hydrogen-bond acceptors (Lipinski definition) is 6. The normalized spacial score (nSPS) is 12.4. The molecule has 0 spiro atoms. The minimum absolute atomic E-state index is 0.114. The van der Waals surface area contributed by atoms with Gasteiger partial charge in [0.25, 0.3) is 0 Å². The van der Waals surface area contributed by atoms with Gasteiger partial charge in [0.1, 0.15) is 4.90 Å². The van der Waals surface area contributed by atoms with Crippen molar-refractivity contribution in [2.75, 3.05) is 13.7 Å². The molecule has 0 aliphatic rings. The summed E-state index contributed by atoms with van der Waals surface area (Å²) in [6.07, 6.45) is 0.485. The lowest BCUT2D eigenvalue weighted by Crippen LogP contribution is -2.25. The van der Waals surface area contributed by atoms with Crippen molar-refractivity contribution >= 4 is 31.9 Å². The number of ether oxygens (including phenoxy) is 2. The summed E-state index contributed by atoms with van der Waals surface area (Å²) in [5.41, 5.74) is -0.421. The number of sulfonamides is 1. The van der Waals surface area contributed by atoms with E-state index in [0.717, 1.165) is 6.07 Å². The molecule has 0 bridgehead atoms. The molecule has 0 aromatic carbocycles. The number of esters is 1. The highest BCUT2D eigenvalue weighted by atomic mass is 79.9. The van der Waals surface area contributed by atoms with Gasteiger partial charge in [-0.05, 0) is 29.8 Å². The number of carbonyl (C=O) groups is 1. The number of furan rings is 1. The first-order valence-corrected chi connectivity index (χ1v) is 7.95. The van der Waals surface area contributed by atoms with Gasteiger partial charge in [-0.15, -0.1) is 0 Å². The molecular weight excluding hydrogens is 354 g/mol. The van der Waals surface area contributed by atoms with E-state index in [1.807, 2.05) is 13.8 Å². The van der Waals surface area contributed by atoms with Crippen molar-refractivity contribution in [3.8, 4) is 0 Å². The Morgan fingerprint density at radius 3 is 2.55 bits per heavy atom. The van der Waals surface area contributed by atoms with Gasteiger partial charge in [-0.3, -0.25) is 0 Å². The van der Waals surface area contributed by atoms with Gasteiger partial charge in [0.05, 0.1) is 12.2 Å². The summed E-state index contributed by atoms with van der Waals surface area (Å²) in [5, 5.41) is 4.96. The molecule has 1 heterocycles. The van der Waals surface area contributed by atoms with E-state index < -0.39 is 21.6 Å². The predicted molar refractivity (Wildman–Crippen MR) is 73.8 cm³/mol. The minimum atomic E-state index is -3.96. The Morgan fingerprint density at radius 1 is 1.50 bits per heavy atom. The van der Waals surface area contributed by atoms with Crippen LogP contribution in [0.3, 0.4) is 0 Å². The van der Waals surface area contributed by atoms with E-state index in [9.17, 15) is 13.2 Å². The van der Waals surface area contributed by atoms with Crippen LogP contribution in [0.5, 0.6) is 0 Å². The average molecular weight is 370 g/mol. The molecule has 1 aromatic heterocycles. The van der Waals surface area contributed by atoms with Crippen LogP contribution in [0.4, 0.5) is 0 Å². The maximum absolute atomic E-state index is 11.7. The molecule has 1 aromatic rings. The molecule has 0 fully saturated rings. The highest BCUT2D eigenvalue weighted by molar-refractivity contribution is 9.10. The molecule has 1 rings (SSSR count). The van der Waals surface area contributed by atoms with Gasteiger partial charge in [-0.25, -0.2) is 18.4 Å². The second-order valence-electron chi connectivity index (χ2n) is 4.64. The SMILES string of the molecule is COC(C)(C)CCOC(=O)c1cc(S(N)(=O)=O)c(Br)o1. The van der Waals surface area contributed by atoms with E-state index in [0.29, 0.717) is 6.42 Å². The van der Waals surface area contributed by atoms with Crippen molar-refractivity contribution in [2.24, 2.45) is 5.14 Å². The molecule has 114 valence electrons. The van der Waals surface area contributed by atoms with Crippen LogP contribution in [0, 0.1) is 0 Å². The van der Waals surface area contributed by atoms with Gasteiger partial charge in [-0.1, -0.05) is 0 Å². The number of halogens is 1.